The van der Waals surface area contributed by atoms with Gasteiger partial charge in [0.1, 0.15) is 12.4 Å². The van der Waals surface area contributed by atoms with E-state index in [1.165, 1.54) is 12.8 Å². The van der Waals surface area contributed by atoms with E-state index in [0.29, 0.717) is 19.1 Å². The number of hydrogen-bond donors (Lipinski definition) is 0. The number of imidazole rings is 1. The predicted octanol–water partition coefficient (Wildman–Crippen LogP) is 2.86. The highest BCUT2D eigenvalue weighted by Crippen LogP contribution is 2.35. The molecule has 1 heterocycles. The van der Waals surface area contributed by atoms with Crippen molar-refractivity contribution in [3.8, 4) is 11.8 Å². The van der Waals surface area contributed by atoms with Crippen molar-refractivity contribution in [2.45, 2.75) is 31.9 Å². The summed E-state index contributed by atoms with van der Waals surface area (Å²) >= 11 is 0. The summed E-state index contributed by atoms with van der Waals surface area (Å²) < 4.78 is 7.96. The first-order valence-corrected chi connectivity index (χ1v) is 6.46. The molecule has 0 N–H and O–H groups in total. The van der Waals surface area contributed by atoms with Crippen molar-refractivity contribution in [1.29, 1.82) is 5.26 Å². The minimum Gasteiger partial charge on any atom is -0.487 e. The van der Waals surface area contributed by atoms with E-state index in [0.717, 1.165) is 17.0 Å². The maximum atomic E-state index is 8.61. The fourth-order valence-electron chi connectivity index (χ4n) is 2.08. The Balaban J connectivity index is 1.62. The van der Waals surface area contributed by atoms with E-state index >= 15 is 0 Å². The third-order valence-corrected chi connectivity index (χ3v) is 3.28. The molecule has 1 aromatic carbocycles. The van der Waals surface area contributed by atoms with E-state index in [1.807, 2.05) is 36.8 Å². The normalized spacial score (nSPS) is 14.1. The second kappa shape index (κ2) is 5.15. The van der Waals surface area contributed by atoms with E-state index < -0.39 is 0 Å². The van der Waals surface area contributed by atoms with Crippen LogP contribution in [0.5, 0.6) is 5.75 Å². The highest BCUT2D eigenvalue weighted by atomic mass is 16.5. The molecule has 19 heavy (non-hydrogen) atoms. The molecular weight excluding hydrogens is 238 g/mol. The Morgan fingerprint density at radius 3 is 2.79 bits per heavy atom. The molecule has 1 saturated carbocycles. The number of aromatic nitrogens is 2. The molecule has 0 atom stereocenters. The lowest BCUT2D eigenvalue weighted by atomic mass is 10.2. The van der Waals surface area contributed by atoms with Gasteiger partial charge in [0.15, 0.2) is 0 Å². The van der Waals surface area contributed by atoms with Crippen LogP contribution in [0.25, 0.3) is 0 Å². The zero-order chi connectivity index (χ0) is 13.1. The lowest BCUT2D eigenvalue weighted by Gasteiger charge is -2.09. The SMILES string of the molecule is N#CCc1ccc(OCc2cncn2C2CC2)cc1. The van der Waals surface area contributed by atoms with E-state index in [1.54, 1.807) is 0 Å². The smallest absolute Gasteiger partial charge is 0.130 e. The van der Waals surface area contributed by atoms with E-state index in [4.69, 9.17) is 10.00 Å². The van der Waals surface area contributed by atoms with Crippen molar-refractivity contribution in [3.63, 3.8) is 0 Å². The van der Waals surface area contributed by atoms with E-state index in [9.17, 15) is 0 Å². The van der Waals surface area contributed by atoms with Crippen LogP contribution in [-0.2, 0) is 13.0 Å². The molecule has 1 aliphatic rings. The number of nitrogens with zero attached hydrogens (tertiary/aromatic N) is 3. The van der Waals surface area contributed by atoms with Crippen LogP contribution in [0.2, 0.25) is 0 Å². The predicted molar refractivity (Wildman–Crippen MR) is 70.6 cm³/mol. The molecule has 0 saturated heterocycles. The summed E-state index contributed by atoms with van der Waals surface area (Å²) in [5, 5.41) is 8.61. The molecule has 2 aromatic rings. The van der Waals surface area contributed by atoms with Gasteiger partial charge in [0, 0.05) is 6.04 Å². The summed E-state index contributed by atoms with van der Waals surface area (Å²) in [6.45, 7) is 0.536. The Kier molecular flexibility index (Phi) is 3.20. The van der Waals surface area contributed by atoms with E-state index in [-0.39, 0.29) is 0 Å². The summed E-state index contributed by atoms with van der Waals surface area (Å²) in [5.41, 5.74) is 2.13. The summed E-state index contributed by atoms with van der Waals surface area (Å²) in [4.78, 5) is 4.18. The Hall–Kier alpha value is -2.28. The molecule has 4 nitrogen and oxygen atoms in total. The molecule has 3 rings (SSSR count). The molecule has 1 fully saturated rings. The number of ether oxygens (including phenoxy) is 1. The van der Waals surface area contributed by atoms with Crippen LogP contribution in [0, 0.1) is 11.3 Å². The van der Waals surface area contributed by atoms with Crippen molar-refractivity contribution in [3.05, 3.63) is 48.0 Å². The lowest BCUT2D eigenvalue weighted by Crippen LogP contribution is -2.03. The number of nitriles is 1. The van der Waals surface area contributed by atoms with Crippen molar-refractivity contribution in [2.75, 3.05) is 0 Å². The number of hydrogen-bond acceptors (Lipinski definition) is 3. The van der Waals surface area contributed by atoms with Crippen LogP contribution in [0.1, 0.15) is 30.1 Å². The third-order valence-electron chi connectivity index (χ3n) is 3.28. The fourth-order valence-corrected chi connectivity index (χ4v) is 2.08. The summed E-state index contributed by atoms with van der Waals surface area (Å²) in [6.07, 6.45) is 6.67. The molecule has 0 radical (unpaired) electrons. The quantitative estimate of drug-likeness (QED) is 0.823. The van der Waals surface area contributed by atoms with Gasteiger partial charge in [-0.3, -0.25) is 0 Å². The average Bonchev–Trinajstić information content (AvgIpc) is 3.17. The third kappa shape index (κ3) is 2.76. The summed E-state index contributed by atoms with van der Waals surface area (Å²) in [6, 6.07) is 10.4. The van der Waals surface area contributed by atoms with Gasteiger partial charge in [0.25, 0.3) is 0 Å². The first kappa shape index (κ1) is 11.8. The van der Waals surface area contributed by atoms with Crippen LogP contribution < -0.4 is 4.74 Å². The molecule has 4 heteroatoms. The topological polar surface area (TPSA) is 50.8 Å². The van der Waals surface area contributed by atoms with Crippen molar-refractivity contribution < 1.29 is 4.74 Å². The minimum absolute atomic E-state index is 0.439. The van der Waals surface area contributed by atoms with Crippen LogP contribution in [0.15, 0.2) is 36.8 Å². The van der Waals surface area contributed by atoms with Gasteiger partial charge in [-0.2, -0.15) is 5.26 Å². The number of rotatable bonds is 5. The second-order valence-corrected chi connectivity index (χ2v) is 4.79. The van der Waals surface area contributed by atoms with Crippen LogP contribution >= 0.6 is 0 Å². The van der Waals surface area contributed by atoms with Crippen LogP contribution in [0.3, 0.4) is 0 Å². The van der Waals surface area contributed by atoms with Gasteiger partial charge in [-0.1, -0.05) is 12.1 Å². The van der Waals surface area contributed by atoms with Crippen molar-refractivity contribution in [2.24, 2.45) is 0 Å². The highest BCUT2D eigenvalue weighted by molar-refractivity contribution is 5.28. The monoisotopic (exact) mass is 253 g/mol. The van der Waals surface area contributed by atoms with Gasteiger partial charge < -0.3 is 9.30 Å². The van der Waals surface area contributed by atoms with Gasteiger partial charge in [-0.15, -0.1) is 0 Å². The fraction of sp³-hybridized carbons (Fsp3) is 0.333. The minimum atomic E-state index is 0.439. The molecule has 0 bridgehead atoms. The molecule has 1 aliphatic carbocycles. The van der Waals surface area contributed by atoms with Gasteiger partial charge in [-0.25, -0.2) is 4.98 Å². The van der Waals surface area contributed by atoms with E-state index in [2.05, 4.69) is 15.6 Å². The molecule has 0 amide bonds. The lowest BCUT2D eigenvalue weighted by molar-refractivity contribution is 0.295. The zero-order valence-corrected chi connectivity index (χ0v) is 10.6. The average molecular weight is 253 g/mol. The highest BCUT2D eigenvalue weighted by Gasteiger charge is 2.25. The Bertz CT molecular complexity index is 591. The maximum Gasteiger partial charge on any atom is 0.130 e. The standard InChI is InChI=1S/C15H15N3O/c16-8-7-12-1-5-15(6-2-12)19-10-14-9-17-11-18(14)13-3-4-13/h1-2,5-6,9,11,13H,3-4,7,10H2. The molecule has 1 aromatic heterocycles. The van der Waals surface area contributed by atoms with Crippen LogP contribution in [-0.4, -0.2) is 9.55 Å². The Morgan fingerprint density at radius 2 is 2.11 bits per heavy atom. The second-order valence-electron chi connectivity index (χ2n) is 4.79. The summed E-state index contributed by atoms with van der Waals surface area (Å²) in [5.74, 6) is 0.824. The van der Waals surface area contributed by atoms with Gasteiger partial charge in [0.05, 0.1) is 30.7 Å². The molecule has 0 unspecified atom stereocenters. The van der Waals surface area contributed by atoms with Gasteiger partial charge >= 0.3 is 0 Å². The number of benzene rings is 1. The van der Waals surface area contributed by atoms with Crippen LogP contribution in [0.4, 0.5) is 0 Å². The molecular formula is C15H15N3O. The molecule has 0 spiro atoms. The Labute approximate surface area is 112 Å². The first-order valence-electron chi connectivity index (χ1n) is 6.46. The zero-order valence-electron chi connectivity index (χ0n) is 10.6. The summed E-state index contributed by atoms with van der Waals surface area (Å²) in [7, 11) is 0. The first-order chi connectivity index (χ1) is 9.36. The molecule has 0 aliphatic heterocycles. The maximum absolute atomic E-state index is 8.61. The van der Waals surface area contributed by atoms with Gasteiger partial charge in [-0.05, 0) is 30.5 Å². The molecule has 96 valence electrons. The van der Waals surface area contributed by atoms with Crippen molar-refractivity contribution >= 4 is 0 Å². The largest absolute Gasteiger partial charge is 0.487 e. The van der Waals surface area contributed by atoms with Gasteiger partial charge in [0.2, 0.25) is 0 Å². The van der Waals surface area contributed by atoms with Crippen molar-refractivity contribution in [1.82, 2.24) is 9.55 Å². The Morgan fingerprint density at radius 1 is 1.32 bits per heavy atom.